The molecule has 1 unspecified atom stereocenters. The third kappa shape index (κ3) is 2.77. The van der Waals surface area contributed by atoms with Crippen LogP contribution in [0.1, 0.15) is 5.56 Å². The summed E-state index contributed by atoms with van der Waals surface area (Å²) in [6, 6.07) is 8.71. The first-order valence-electron chi connectivity index (χ1n) is 5.42. The second-order valence-corrected chi connectivity index (χ2v) is 5.53. The maximum atomic E-state index is 12.0. The molecule has 0 bridgehead atoms. The van der Waals surface area contributed by atoms with Crippen molar-refractivity contribution in [2.75, 3.05) is 5.75 Å². The highest BCUT2D eigenvalue weighted by Crippen LogP contribution is 2.20. The fourth-order valence-corrected chi connectivity index (χ4v) is 2.75. The summed E-state index contributed by atoms with van der Waals surface area (Å²) >= 11 is 6.17. The van der Waals surface area contributed by atoms with E-state index in [9.17, 15) is 9.59 Å². The van der Waals surface area contributed by atoms with Crippen molar-refractivity contribution < 1.29 is 9.59 Å². The number of thioether (sulfide) groups is 1. The monoisotopic (exact) mass is 280 g/mol. The van der Waals surface area contributed by atoms with Gasteiger partial charge in [0.1, 0.15) is 0 Å². The van der Waals surface area contributed by atoms with E-state index < -0.39 is 11.9 Å². The van der Waals surface area contributed by atoms with Gasteiger partial charge in [-0.2, -0.15) is 0 Å². The van der Waals surface area contributed by atoms with Crippen LogP contribution in [0.3, 0.4) is 0 Å². The normalized spacial score (nSPS) is 17.1. The largest absolute Gasteiger partial charge is 0.320 e. The highest BCUT2D eigenvalue weighted by atomic mass is 32.2. The second-order valence-electron chi connectivity index (χ2n) is 3.92. The van der Waals surface area contributed by atoms with Crippen molar-refractivity contribution in [3.63, 3.8) is 0 Å². The molecular weight excluding hydrogens is 268 g/mol. The SMILES string of the molecule is NC(Cc1ccccc1)C(=O)N1C(=O)CSC1=S. The quantitative estimate of drug-likeness (QED) is 0.835. The lowest BCUT2D eigenvalue weighted by atomic mass is 10.1. The van der Waals surface area contributed by atoms with Gasteiger partial charge in [-0.3, -0.25) is 9.59 Å². The Kier molecular flexibility index (Phi) is 4.11. The van der Waals surface area contributed by atoms with E-state index in [0.29, 0.717) is 10.7 Å². The minimum absolute atomic E-state index is 0.225. The topological polar surface area (TPSA) is 63.4 Å². The van der Waals surface area contributed by atoms with E-state index >= 15 is 0 Å². The van der Waals surface area contributed by atoms with E-state index in [1.807, 2.05) is 30.3 Å². The van der Waals surface area contributed by atoms with Crippen molar-refractivity contribution in [1.29, 1.82) is 0 Å². The molecule has 1 atom stereocenters. The van der Waals surface area contributed by atoms with Crippen molar-refractivity contribution in [2.45, 2.75) is 12.5 Å². The van der Waals surface area contributed by atoms with Crippen molar-refractivity contribution in [3.8, 4) is 0 Å². The Labute approximate surface area is 115 Å². The summed E-state index contributed by atoms with van der Waals surface area (Å²) in [6.45, 7) is 0. The van der Waals surface area contributed by atoms with E-state index in [4.69, 9.17) is 18.0 Å². The third-order valence-electron chi connectivity index (χ3n) is 2.59. The Hall–Kier alpha value is -1.24. The molecule has 2 amide bonds. The van der Waals surface area contributed by atoms with E-state index in [1.54, 1.807) is 0 Å². The molecule has 1 aliphatic heterocycles. The van der Waals surface area contributed by atoms with E-state index in [-0.39, 0.29) is 11.7 Å². The van der Waals surface area contributed by atoms with Crippen LogP contribution in [0.4, 0.5) is 0 Å². The number of hydrogen-bond acceptors (Lipinski definition) is 5. The lowest BCUT2D eigenvalue weighted by Crippen LogP contribution is -2.47. The molecule has 94 valence electrons. The van der Waals surface area contributed by atoms with Crippen LogP contribution in [0, 0.1) is 0 Å². The molecule has 6 heteroatoms. The predicted molar refractivity (Wildman–Crippen MR) is 75.0 cm³/mol. The summed E-state index contributed by atoms with van der Waals surface area (Å²) in [7, 11) is 0. The number of benzene rings is 1. The van der Waals surface area contributed by atoms with Crippen LogP contribution in [-0.2, 0) is 16.0 Å². The molecule has 1 fully saturated rings. The molecular formula is C12H12N2O2S2. The summed E-state index contributed by atoms with van der Waals surface area (Å²) in [5.74, 6) is -0.472. The molecule has 0 spiro atoms. The maximum absolute atomic E-state index is 12.0. The molecule has 0 radical (unpaired) electrons. The number of carbonyl (C=O) groups is 2. The van der Waals surface area contributed by atoms with Crippen LogP contribution in [-0.4, -0.2) is 32.8 Å². The van der Waals surface area contributed by atoms with Gasteiger partial charge in [0, 0.05) is 0 Å². The van der Waals surface area contributed by atoms with E-state index in [1.165, 1.54) is 11.8 Å². The predicted octanol–water partition coefficient (Wildman–Crippen LogP) is 0.943. The second kappa shape index (κ2) is 5.60. The smallest absolute Gasteiger partial charge is 0.252 e. The first-order chi connectivity index (χ1) is 8.59. The van der Waals surface area contributed by atoms with Crippen LogP contribution >= 0.6 is 24.0 Å². The molecule has 1 aliphatic rings. The van der Waals surface area contributed by atoms with Crippen LogP contribution in [0.25, 0.3) is 0 Å². The Morgan fingerprint density at radius 1 is 1.44 bits per heavy atom. The highest BCUT2D eigenvalue weighted by molar-refractivity contribution is 8.24. The van der Waals surface area contributed by atoms with Crippen molar-refractivity contribution >= 4 is 40.1 Å². The maximum Gasteiger partial charge on any atom is 0.252 e. The average molecular weight is 280 g/mol. The number of rotatable bonds is 3. The molecule has 1 aromatic carbocycles. The summed E-state index contributed by atoms with van der Waals surface area (Å²) in [6.07, 6.45) is 0.400. The fourth-order valence-electron chi connectivity index (χ4n) is 1.69. The zero-order chi connectivity index (χ0) is 13.1. The van der Waals surface area contributed by atoms with Crippen LogP contribution in [0.2, 0.25) is 0 Å². The van der Waals surface area contributed by atoms with Crippen LogP contribution in [0.5, 0.6) is 0 Å². The van der Waals surface area contributed by atoms with Crippen LogP contribution < -0.4 is 5.73 Å². The lowest BCUT2D eigenvalue weighted by molar-refractivity contribution is -0.138. The third-order valence-corrected chi connectivity index (χ3v) is 3.94. The molecule has 0 saturated carbocycles. The Morgan fingerprint density at radius 3 is 2.67 bits per heavy atom. The standard InChI is InChI=1S/C12H12N2O2S2/c13-9(6-8-4-2-1-3-5-8)11(16)14-10(15)7-18-12(14)17/h1-5,9H,6-7,13H2. The van der Waals surface area contributed by atoms with Gasteiger partial charge in [0.2, 0.25) is 5.91 Å². The molecule has 1 saturated heterocycles. The minimum Gasteiger partial charge on any atom is -0.320 e. The highest BCUT2D eigenvalue weighted by Gasteiger charge is 2.34. The molecule has 4 nitrogen and oxygen atoms in total. The Bertz CT molecular complexity index is 474. The van der Waals surface area contributed by atoms with Crippen molar-refractivity contribution in [2.24, 2.45) is 5.73 Å². The van der Waals surface area contributed by atoms with E-state index in [2.05, 4.69) is 0 Å². The van der Waals surface area contributed by atoms with E-state index in [0.717, 1.165) is 10.5 Å². The number of nitrogens with two attached hydrogens (primary N) is 1. The summed E-state index contributed by atoms with van der Waals surface area (Å²) < 4.78 is 0.300. The summed E-state index contributed by atoms with van der Waals surface area (Å²) in [4.78, 5) is 24.6. The minimum atomic E-state index is -0.743. The van der Waals surface area contributed by atoms with Gasteiger partial charge in [0.15, 0.2) is 4.32 Å². The van der Waals surface area contributed by atoms with Gasteiger partial charge in [-0.05, 0) is 12.0 Å². The zero-order valence-corrected chi connectivity index (χ0v) is 11.2. The summed E-state index contributed by atoms with van der Waals surface area (Å²) in [5, 5.41) is 0. The van der Waals surface area contributed by atoms with Crippen molar-refractivity contribution in [3.05, 3.63) is 35.9 Å². The molecule has 0 aromatic heterocycles. The first-order valence-corrected chi connectivity index (χ1v) is 6.82. The fraction of sp³-hybridized carbons (Fsp3) is 0.250. The van der Waals surface area contributed by atoms with Gasteiger partial charge in [-0.15, -0.1) is 0 Å². The molecule has 18 heavy (non-hydrogen) atoms. The number of carbonyl (C=O) groups excluding carboxylic acids is 2. The van der Waals surface area contributed by atoms with Crippen LogP contribution in [0.15, 0.2) is 30.3 Å². The van der Waals surface area contributed by atoms with Gasteiger partial charge >= 0.3 is 0 Å². The number of amides is 2. The molecule has 2 N–H and O–H groups in total. The van der Waals surface area contributed by atoms with Gasteiger partial charge in [0.05, 0.1) is 11.8 Å². The number of thiocarbonyl (C=S) groups is 1. The molecule has 1 aromatic rings. The van der Waals surface area contributed by atoms with Gasteiger partial charge in [0.25, 0.3) is 5.91 Å². The number of imide groups is 1. The molecule has 1 heterocycles. The van der Waals surface area contributed by atoms with Gasteiger partial charge < -0.3 is 5.73 Å². The van der Waals surface area contributed by atoms with Crippen molar-refractivity contribution in [1.82, 2.24) is 4.90 Å². The van der Waals surface area contributed by atoms with Gasteiger partial charge in [-0.1, -0.05) is 54.3 Å². The molecule has 0 aliphatic carbocycles. The average Bonchev–Trinajstić information content (AvgIpc) is 2.69. The van der Waals surface area contributed by atoms with Gasteiger partial charge in [-0.25, -0.2) is 4.90 Å². The molecule has 2 rings (SSSR count). The number of nitrogens with zero attached hydrogens (tertiary/aromatic N) is 1. The first kappa shape index (κ1) is 13.2. The Balaban J connectivity index is 2.05. The number of hydrogen-bond donors (Lipinski definition) is 1. The zero-order valence-electron chi connectivity index (χ0n) is 9.54. The lowest BCUT2D eigenvalue weighted by Gasteiger charge is -2.18. The Morgan fingerprint density at radius 2 is 2.11 bits per heavy atom. The summed E-state index contributed by atoms with van der Waals surface area (Å²) in [5.41, 5.74) is 6.80.